The molecule has 0 saturated carbocycles. The van der Waals surface area contributed by atoms with E-state index >= 15 is 0 Å². The Morgan fingerprint density at radius 1 is 0.839 bits per heavy atom. The van der Waals surface area contributed by atoms with Gasteiger partial charge in [-0.1, -0.05) is 109 Å². The zero-order valence-electron chi connectivity index (χ0n) is 20.1. The average molecular weight is 443 g/mol. The number of hydrogen-bond donors (Lipinski definition) is 3. The molecule has 0 spiro atoms. The third-order valence-corrected chi connectivity index (χ3v) is 6.28. The summed E-state index contributed by atoms with van der Waals surface area (Å²) in [6, 6.07) is 0. The second kappa shape index (κ2) is 20.2. The van der Waals surface area contributed by atoms with E-state index in [0.717, 1.165) is 6.42 Å². The molecule has 0 unspecified atom stereocenters. The van der Waals surface area contributed by atoms with E-state index in [2.05, 4.69) is 13.0 Å². The number of allylic oxidation sites excluding steroid dienone is 1. The molecule has 1 saturated heterocycles. The van der Waals surface area contributed by atoms with Gasteiger partial charge in [0.2, 0.25) is 0 Å². The molecule has 0 amide bonds. The van der Waals surface area contributed by atoms with Crippen molar-refractivity contribution in [1.29, 1.82) is 0 Å². The monoisotopic (exact) mass is 442 g/mol. The van der Waals surface area contributed by atoms with Crippen molar-refractivity contribution < 1.29 is 24.8 Å². The zero-order chi connectivity index (χ0) is 22.6. The molecule has 1 aliphatic heterocycles. The maximum atomic E-state index is 10.1. The van der Waals surface area contributed by atoms with Crippen molar-refractivity contribution in [3.63, 3.8) is 0 Å². The van der Waals surface area contributed by atoms with Crippen LogP contribution in [0.4, 0.5) is 0 Å². The summed E-state index contributed by atoms with van der Waals surface area (Å²) in [6.45, 7) is 2.54. The molecule has 184 valence electrons. The molecule has 0 aromatic carbocycles. The van der Waals surface area contributed by atoms with Crippen LogP contribution in [0.5, 0.6) is 0 Å². The fourth-order valence-corrected chi connectivity index (χ4v) is 4.20. The van der Waals surface area contributed by atoms with Crippen LogP contribution in [0.3, 0.4) is 0 Å². The maximum absolute atomic E-state index is 10.1. The fraction of sp³-hybridized carbons (Fsp3) is 0.923. The number of aliphatic hydroxyl groups excluding tert-OH is 3. The second-order valence-corrected chi connectivity index (χ2v) is 9.12. The Bertz CT molecular complexity index is 415. The predicted octanol–water partition coefficient (Wildman–Crippen LogP) is 5.30. The highest BCUT2D eigenvalue weighted by molar-refractivity contribution is 4.90. The largest absolute Gasteiger partial charge is 0.394 e. The van der Waals surface area contributed by atoms with Crippen LogP contribution >= 0.6 is 0 Å². The molecule has 1 rings (SSSR count). The van der Waals surface area contributed by atoms with Crippen molar-refractivity contribution in [2.24, 2.45) is 0 Å². The van der Waals surface area contributed by atoms with Gasteiger partial charge in [-0.25, -0.2) is 0 Å². The SMILES string of the molecule is CCCCCCCCCCCCCCCCC/C=C/CO[C@@H]1CO[C@@H]([C@@H](O)CO)[C@H]1O. The van der Waals surface area contributed by atoms with Crippen LogP contribution in [-0.4, -0.2) is 59.6 Å². The topological polar surface area (TPSA) is 79.2 Å². The van der Waals surface area contributed by atoms with Crippen LogP contribution in [0, 0.1) is 0 Å². The Labute approximate surface area is 191 Å². The summed E-state index contributed by atoms with van der Waals surface area (Å²) in [4.78, 5) is 0. The molecule has 1 heterocycles. The highest BCUT2D eigenvalue weighted by Gasteiger charge is 2.40. The van der Waals surface area contributed by atoms with E-state index in [1.54, 1.807) is 0 Å². The van der Waals surface area contributed by atoms with Crippen LogP contribution in [0.1, 0.15) is 110 Å². The molecule has 31 heavy (non-hydrogen) atoms. The van der Waals surface area contributed by atoms with Crippen LogP contribution in [0.25, 0.3) is 0 Å². The standard InChI is InChI=1S/C26H50O5/c1-2-3-4-5-6-7-8-9-10-11-12-13-14-15-16-17-18-19-20-30-24-22-31-26(25(24)29)23(28)21-27/h18-19,23-29H,2-17,20-22H2,1H3/b19-18+/t23-,24+,25-,26-/m0/s1. The van der Waals surface area contributed by atoms with Crippen molar-refractivity contribution in [3.8, 4) is 0 Å². The third-order valence-electron chi connectivity index (χ3n) is 6.28. The highest BCUT2D eigenvalue weighted by Crippen LogP contribution is 2.20. The molecule has 0 aromatic rings. The minimum Gasteiger partial charge on any atom is -0.394 e. The van der Waals surface area contributed by atoms with Crippen molar-refractivity contribution in [3.05, 3.63) is 12.2 Å². The van der Waals surface area contributed by atoms with Gasteiger partial charge in [0, 0.05) is 0 Å². The summed E-state index contributed by atoms with van der Waals surface area (Å²) in [7, 11) is 0. The van der Waals surface area contributed by atoms with Gasteiger partial charge in [0.05, 0.1) is 19.8 Å². The van der Waals surface area contributed by atoms with Gasteiger partial charge in [0.15, 0.2) is 0 Å². The van der Waals surface area contributed by atoms with Crippen LogP contribution < -0.4 is 0 Å². The molecule has 1 fully saturated rings. The third kappa shape index (κ3) is 14.3. The van der Waals surface area contributed by atoms with Crippen molar-refractivity contribution >= 4 is 0 Å². The summed E-state index contributed by atoms with van der Waals surface area (Å²) in [5, 5.41) is 28.6. The minimum absolute atomic E-state index is 0.246. The number of aliphatic hydroxyl groups is 3. The molecular formula is C26H50O5. The average Bonchev–Trinajstić information content (AvgIpc) is 3.15. The molecule has 5 nitrogen and oxygen atoms in total. The van der Waals surface area contributed by atoms with Gasteiger partial charge >= 0.3 is 0 Å². The van der Waals surface area contributed by atoms with E-state index in [9.17, 15) is 10.2 Å². The molecule has 0 aromatic heterocycles. The molecule has 1 aliphatic rings. The molecule has 0 bridgehead atoms. The second-order valence-electron chi connectivity index (χ2n) is 9.12. The van der Waals surface area contributed by atoms with Gasteiger partial charge in [0.25, 0.3) is 0 Å². The van der Waals surface area contributed by atoms with Gasteiger partial charge in [0.1, 0.15) is 24.4 Å². The number of ether oxygens (including phenoxy) is 2. The van der Waals surface area contributed by atoms with Crippen molar-refractivity contribution in [2.45, 2.75) is 134 Å². The summed E-state index contributed by atoms with van der Waals surface area (Å²) >= 11 is 0. The Balaban J connectivity index is 1.81. The summed E-state index contributed by atoms with van der Waals surface area (Å²) in [5.74, 6) is 0. The lowest BCUT2D eigenvalue weighted by atomic mass is 10.0. The minimum atomic E-state index is -1.07. The first kappa shape index (κ1) is 28.6. The molecular weight excluding hydrogens is 392 g/mol. The van der Waals surface area contributed by atoms with Crippen molar-refractivity contribution in [1.82, 2.24) is 0 Å². The molecule has 3 N–H and O–H groups in total. The highest BCUT2D eigenvalue weighted by atomic mass is 16.6. The lowest BCUT2D eigenvalue weighted by Gasteiger charge is -2.20. The smallest absolute Gasteiger partial charge is 0.114 e. The van der Waals surface area contributed by atoms with Crippen LogP contribution in [0.2, 0.25) is 0 Å². The first-order valence-electron chi connectivity index (χ1n) is 13.1. The van der Waals surface area contributed by atoms with Crippen LogP contribution in [0.15, 0.2) is 12.2 Å². The van der Waals surface area contributed by atoms with Gasteiger partial charge in [-0.3, -0.25) is 0 Å². The van der Waals surface area contributed by atoms with Gasteiger partial charge in [-0.2, -0.15) is 0 Å². The summed E-state index contributed by atoms with van der Waals surface area (Å²) < 4.78 is 10.9. The molecule has 5 heteroatoms. The van der Waals surface area contributed by atoms with E-state index in [1.807, 2.05) is 6.08 Å². The maximum Gasteiger partial charge on any atom is 0.114 e. The normalized spacial score (nSPS) is 22.5. The number of rotatable bonds is 21. The van der Waals surface area contributed by atoms with Crippen LogP contribution in [-0.2, 0) is 9.47 Å². The lowest BCUT2D eigenvalue weighted by molar-refractivity contribution is -0.0716. The zero-order valence-corrected chi connectivity index (χ0v) is 20.1. The molecule has 0 radical (unpaired) electrons. The predicted molar refractivity (Wildman–Crippen MR) is 127 cm³/mol. The summed E-state index contributed by atoms with van der Waals surface area (Å²) in [6.07, 6.45) is 22.8. The van der Waals surface area contributed by atoms with E-state index in [4.69, 9.17) is 14.6 Å². The van der Waals surface area contributed by atoms with E-state index < -0.39 is 31.0 Å². The quantitative estimate of drug-likeness (QED) is 0.166. The van der Waals surface area contributed by atoms with Crippen molar-refractivity contribution in [2.75, 3.05) is 19.8 Å². The van der Waals surface area contributed by atoms with Gasteiger partial charge in [-0.05, 0) is 12.8 Å². The van der Waals surface area contributed by atoms with E-state index in [-0.39, 0.29) is 6.61 Å². The number of unbranched alkanes of at least 4 members (excludes halogenated alkanes) is 15. The first-order valence-corrected chi connectivity index (χ1v) is 13.1. The molecule has 0 aliphatic carbocycles. The summed E-state index contributed by atoms with van der Waals surface area (Å²) in [5.41, 5.74) is 0. The first-order chi connectivity index (χ1) is 15.2. The lowest BCUT2D eigenvalue weighted by Crippen LogP contribution is -2.41. The van der Waals surface area contributed by atoms with E-state index in [1.165, 1.54) is 96.3 Å². The Morgan fingerprint density at radius 3 is 1.87 bits per heavy atom. The molecule has 4 atom stereocenters. The Morgan fingerprint density at radius 2 is 1.35 bits per heavy atom. The van der Waals surface area contributed by atoms with Gasteiger partial charge < -0.3 is 24.8 Å². The van der Waals surface area contributed by atoms with Gasteiger partial charge in [-0.15, -0.1) is 0 Å². The Hall–Kier alpha value is -0.460. The fourth-order valence-electron chi connectivity index (χ4n) is 4.20. The number of hydrogen-bond acceptors (Lipinski definition) is 5. The van der Waals surface area contributed by atoms with E-state index in [0.29, 0.717) is 6.61 Å². The Kier molecular flexibility index (Phi) is 18.6.